The third-order valence-corrected chi connectivity index (χ3v) is 5.68. The molecule has 0 aromatic heterocycles. The van der Waals surface area contributed by atoms with Gasteiger partial charge in [-0.2, -0.15) is 0 Å². The molecule has 0 spiro atoms. The van der Waals surface area contributed by atoms with Crippen LogP contribution in [0.15, 0.2) is 0 Å². The summed E-state index contributed by atoms with van der Waals surface area (Å²) in [5.74, 6) is 0. The second kappa shape index (κ2) is 8.53. The average Bonchev–Trinajstić information content (AvgIpc) is 2.41. The van der Waals surface area contributed by atoms with Crippen LogP contribution in [0, 0.1) is 5.41 Å². The standard InChI is InChI=1S/C19H38N2/c1-19(2)14-11-15-21(16-19)18-13-10-8-6-4-3-5-7-9-12-17(18)20/h17-18H,3-16,20H2,1-2H3. The van der Waals surface area contributed by atoms with Crippen LogP contribution in [0.2, 0.25) is 0 Å². The Morgan fingerprint density at radius 3 is 2.00 bits per heavy atom. The number of rotatable bonds is 1. The molecule has 0 aromatic carbocycles. The second-order valence-corrected chi connectivity index (χ2v) is 8.38. The minimum absolute atomic E-state index is 0.401. The highest BCUT2D eigenvalue weighted by Crippen LogP contribution is 2.31. The Hall–Kier alpha value is -0.0800. The van der Waals surface area contributed by atoms with Gasteiger partial charge in [-0.15, -0.1) is 0 Å². The van der Waals surface area contributed by atoms with Gasteiger partial charge in [-0.25, -0.2) is 0 Å². The van der Waals surface area contributed by atoms with E-state index in [4.69, 9.17) is 5.73 Å². The summed E-state index contributed by atoms with van der Waals surface area (Å²) in [7, 11) is 0. The summed E-state index contributed by atoms with van der Waals surface area (Å²) in [6.45, 7) is 7.40. The van der Waals surface area contributed by atoms with Gasteiger partial charge in [-0.3, -0.25) is 4.90 Å². The summed E-state index contributed by atoms with van der Waals surface area (Å²) in [6, 6.07) is 1.04. The van der Waals surface area contributed by atoms with Crippen LogP contribution in [0.1, 0.15) is 90.9 Å². The first-order chi connectivity index (χ1) is 10.1. The van der Waals surface area contributed by atoms with Crippen LogP contribution in [0.25, 0.3) is 0 Å². The summed E-state index contributed by atoms with van der Waals surface area (Å²) in [6.07, 6.45) is 16.6. The van der Waals surface area contributed by atoms with Crippen molar-refractivity contribution in [2.24, 2.45) is 11.1 Å². The highest BCUT2D eigenvalue weighted by Gasteiger charge is 2.32. The molecule has 2 nitrogen and oxygen atoms in total. The monoisotopic (exact) mass is 294 g/mol. The predicted molar refractivity (Wildman–Crippen MR) is 92.5 cm³/mol. The molecule has 2 fully saturated rings. The van der Waals surface area contributed by atoms with E-state index in [1.807, 2.05) is 0 Å². The summed E-state index contributed by atoms with van der Waals surface area (Å²) < 4.78 is 0. The average molecular weight is 295 g/mol. The molecular weight excluding hydrogens is 256 g/mol. The van der Waals surface area contributed by atoms with Gasteiger partial charge in [0.15, 0.2) is 0 Å². The summed E-state index contributed by atoms with van der Waals surface area (Å²) in [5.41, 5.74) is 7.12. The topological polar surface area (TPSA) is 29.3 Å². The Labute approximate surface area is 132 Å². The minimum Gasteiger partial charge on any atom is -0.326 e. The maximum atomic E-state index is 6.64. The van der Waals surface area contributed by atoms with Crippen LogP contribution in [-0.4, -0.2) is 30.1 Å². The van der Waals surface area contributed by atoms with E-state index in [9.17, 15) is 0 Å². The smallest absolute Gasteiger partial charge is 0.0247 e. The minimum atomic E-state index is 0.401. The van der Waals surface area contributed by atoms with Gasteiger partial charge in [-0.05, 0) is 37.6 Å². The largest absolute Gasteiger partial charge is 0.326 e. The van der Waals surface area contributed by atoms with Crippen LogP contribution in [0.4, 0.5) is 0 Å². The van der Waals surface area contributed by atoms with Crippen molar-refractivity contribution in [2.75, 3.05) is 13.1 Å². The van der Waals surface area contributed by atoms with Gasteiger partial charge in [0.05, 0.1) is 0 Å². The fourth-order valence-electron chi connectivity index (χ4n) is 4.41. The maximum absolute atomic E-state index is 6.64. The van der Waals surface area contributed by atoms with E-state index in [0.29, 0.717) is 17.5 Å². The first-order valence-electron chi connectivity index (χ1n) is 9.58. The molecule has 0 bridgehead atoms. The molecule has 2 N–H and O–H groups in total. The first kappa shape index (κ1) is 17.3. The van der Waals surface area contributed by atoms with Crippen molar-refractivity contribution in [3.63, 3.8) is 0 Å². The van der Waals surface area contributed by atoms with Gasteiger partial charge in [0.2, 0.25) is 0 Å². The SMILES string of the molecule is CC1(C)CCCN(C2CCCCCCCCCCC2N)C1. The van der Waals surface area contributed by atoms with Crippen molar-refractivity contribution in [1.82, 2.24) is 4.90 Å². The molecule has 2 unspecified atom stereocenters. The van der Waals surface area contributed by atoms with Gasteiger partial charge in [-0.1, -0.05) is 65.2 Å². The molecule has 21 heavy (non-hydrogen) atoms. The van der Waals surface area contributed by atoms with Crippen molar-refractivity contribution >= 4 is 0 Å². The fraction of sp³-hybridized carbons (Fsp3) is 1.00. The normalized spacial score (nSPS) is 33.9. The van der Waals surface area contributed by atoms with Gasteiger partial charge >= 0.3 is 0 Å². The Bertz CT molecular complexity index is 287. The Kier molecular flexibility index (Phi) is 7.01. The number of hydrogen-bond donors (Lipinski definition) is 1. The second-order valence-electron chi connectivity index (χ2n) is 8.38. The van der Waals surface area contributed by atoms with E-state index in [0.717, 1.165) is 0 Å². The van der Waals surface area contributed by atoms with Crippen molar-refractivity contribution < 1.29 is 0 Å². The van der Waals surface area contributed by atoms with E-state index in [2.05, 4.69) is 18.7 Å². The Morgan fingerprint density at radius 2 is 1.38 bits per heavy atom. The maximum Gasteiger partial charge on any atom is 0.0247 e. The van der Waals surface area contributed by atoms with E-state index < -0.39 is 0 Å². The lowest BCUT2D eigenvalue weighted by Crippen LogP contribution is -2.53. The molecule has 2 heteroatoms. The van der Waals surface area contributed by atoms with Crippen molar-refractivity contribution in [2.45, 2.75) is 103 Å². The molecule has 1 aliphatic carbocycles. The van der Waals surface area contributed by atoms with Gasteiger partial charge < -0.3 is 5.73 Å². The van der Waals surface area contributed by atoms with E-state index in [1.165, 1.54) is 90.1 Å². The van der Waals surface area contributed by atoms with Crippen LogP contribution < -0.4 is 5.73 Å². The molecule has 1 heterocycles. The lowest BCUT2D eigenvalue weighted by Gasteiger charge is -2.44. The predicted octanol–water partition coefficient (Wildman–Crippen LogP) is 4.72. The lowest BCUT2D eigenvalue weighted by molar-refractivity contribution is 0.0597. The van der Waals surface area contributed by atoms with Crippen LogP contribution in [0.3, 0.4) is 0 Å². The summed E-state index contributed by atoms with van der Waals surface area (Å²) in [5, 5.41) is 0. The van der Waals surface area contributed by atoms with Crippen LogP contribution >= 0.6 is 0 Å². The van der Waals surface area contributed by atoms with Crippen molar-refractivity contribution in [3.8, 4) is 0 Å². The molecule has 0 amide bonds. The Balaban J connectivity index is 1.94. The molecule has 2 aliphatic rings. The van der Waals surface area contributed by atoms with Crippen LogP contribution in [-0.2, 0) is 0 Å². The summed E-state index contributed by atoms with van der Waals surface area (Å²) in [4.78, 5) is 2.75. The lowest BCUT2D eigenvalue weighted by atomic mass is 9.82. The Morgan fingerprint density at radius 1 is 0.810 bits per heavy atom. The molecule has 1 aliphatic heterocycles. The third kappa shape index (κ3) is 5.90. The van der Waals surface area contributed by atoms with E-state index >= 15 is 0 Å². The van der Waals surface area contributed by atoms with Crippen molar-refractivity contribution in [3.05, 3.63) is 0 Å². The van der Waals surface area contributed by atoms with E-state index in [-0.39, 0.29) is 0 Å². The van der Waals surface area contributed by atoms with Crippen molar-refractivity contribution in [1.29, 1.82) is 0 Å². The van der Waals surface area contributed by atoms with Gasteiger partial charge in [0.25, 0.3) is 0 Å². The zero-order chi connectivity index (χ0) is 15.1. The number of hydrogen-bond acceptors (Lipinski definition) is 2. The van der Waals surface area contributed by atoms with Gasteiger partial charge in [0, 0.05) is 18.6 Å². The fourth-order valence-corrected chi connectivity index (χ4v) is 4.41. The molecule has 124 valence electrons. The van der Waals surface area contributed by atoms with E-state index in [1.54, 1.807) is 0 Å². The molecule has 2 atom stereocenters. The molecule has 2 rings (SSSR count). The molecular formula is C19H38N2. The molecule has 0 radical (unpaired) electrons. The molecule has 1 saturated carbocycles. The molecule has 0 aromatic rings. The zero-order valence-corrected chi connectivity index (χ0v) is 14.6. The highest BCUT2D eigenvalue weighted by atomic mass is 15.2. The van der Waals surface area contributed by atoms with Crippen LogP contribution in [0.5, 0.6) is 0 Å². The summed E-state index contributed by atoms with van der Waals surface area (Å²) >= 11 is 0. The zero-order valence-electron chi connectivity index (χ0n) is 14.6. The molecule has 1 saturated heterocycles. The quantitative estimate of drug-likeness (QED) is 0.758. The van der Waals surface area contributed by atoms with Gasteiger partial charge in [0.1, 0.15) is 0 Å². The number of piperidine rings is 1. The number of likely N-dealkylation sites (tertiary alicyclic amines) is 1. The third-order valence-electron chi connectivity index (χ3n) is 5.68. The first-order valence-corrected chi connectivity index (χ1v) is 9.58. The number of nitrogens with two attached hydrogens (primary N) is 1. The number of nitrogens with zero attached hydrogens (tertiary/aromatic N) is 1. The highest BCUT2D eigenvalue weighted by molar-refractivity contribution is 4.88.